The van der Waals surface area contributed by atoms with Crippen LogP contribution in [0.5, 0.6) is 5.75 Å². The monoisotopic (exact) mass is 263 g/mol. The van der Waals surface area contributed by atoms with E-state index in [1.54, 1.807) is 7.11 Å². The Labute approximate surface area is 116 Å². The van der Waals surface area contributed by atoms with Crippen molar-refractivity contribution in [2.24, 2.45) is 5.92 Å². The molecule has 0 saturated carbocycles. The fraction of sp³-hybridized carbons (Fsp3) is 0.625. The van der Waals surface area contributed by atoms with E-state index in [1.807, 2.05) is 12.1 Å². The van der Waals surface area contributed by atoms with Crippen molar-refractivity contribution in [3.8, 4) is 5.75 Å². The summed E-state index contributed by atoms with van der Waals surface area (Å²) in [5.41, 5.74) is 2.49. The van der Waals surface area contributed by atoms with E-state index in [9.17, 15) is 5.11 Å². The van der Waals surface area contributed by atoms with Crippen molar-refractivity contribution in [3.05, 3.63) is 29.3 Å². The minimum absolute atomic E-state index is 0.207. The van der Waals surface area contributed by atoms with Gasteiger partial charge in [0.2, 0.25) is 0 Å². The first-order valence-corrected chi connectivity index (χ1v) is 7.17. The average Bonchev–Trinajstić information content (AvgIpc) is 2.94. The van der Waals surface area contributed by atoms with Crippen LogP contribution in [0.1, 0.15) is 36.9 Å². The number of hydrogen-bond donors (Lipinski definition) is 1. The van der Waals surface area contributed by atoms with Crippen LogP contribution >= 0.6 is 0 Å². The van der Waals surface area contributed by atoms with E-state index in [-0.39, 0.29) is 18.6 Å². The van der Waals surface area contributed by atoms with Crippen LogP contribution in [0.3, 0.4) is 0 Å². The minimum Gasteiger partial charge on any atom is -0.496 e. The molecular formula is C16H25NO2. The van der Waals surface area contributed by atoms with Crippen molar-refractivity contribution in [1.82, 2.24) is 4.90 Å². The van der Waals surface area contributed by atoms with Gasteiger partial charge in [0.25, 0.3) is 0 Å². The maximum absolute atomic E-state index is 9.61. The summed E-state index contributed by atoms with van der Waals surface area (Å²) in [6, 6.07) is 6.44. The largest absolute Gasteiger partial charge is 0.496 e. The van der Waals surface area contributed by atoms with Gasteiger partial charge in [0.15, 0.2) is 0 Å². The SMILES string of the molecule is COc1cccc(C)c1C(C(C)CO)N1CCCC1. The van der Waals surface area contributed by atoms with Crippen molar-refractivity contribution in [2.75, 3.05) is 26.8 Å². The van der Waals surface area contributed by atoms with Crippen LogP contribution in [0.15, 0.2) is 18.2 Å². The van der Waals surface area contributed by atoms with E-state index in [4.69, 9.17) is 4.74 Å². The number of hydrogen-bond acceptors (Lipinski definition) is 3. The second-order valence-corrected chi connectivity index (χ2v) is 5.54. The molecular weight excluding hydrogens is 238 g/mol. The van der Waals surface area contributed by atoms with Crippen LogP contribution in [0.4, 0.5) is 0 Å². The van der Waals surface area contributed by atoms with E-state index < -0.39 is 0 Å². The quantitative estimate of drug-likeness (QED) is 0.886. The third-order valence-electron chi connectivity index (χ3n) is 4.16. The highest BCUT2D eigenvalue weighted by atomic mass is 16.5. The zero-order valence-corrected chi connectivity index (χ0v) is 12.2. The van der Waals surface area contributed by atoms with Gasteiger partial charge in [-0.3, -0.25) is 4.90 Å². The zero-order valence-electron chi connectivity index (χ0n) is 12.2. The first-order chi connectivity index (χ1) is 9.19. The number of methoxy groups -OCH3 is 1. The lowest BCUT2D eigenvalue weighted by atomic mass is 9.90. The number of likely N-dealkylation sites (tertiary alicyclic amines) is 1. The molecule has 3 heteroatoms. The summed E-state index contributed by atoms with van der Waals surface area (Å²) in [4.78, 5) is 2.49. The molecule has 1 fully saturated rings. The third kappa shape index (κ3) is 2.93. The predicted octanol–water partition coefficient (Wildman–Crippen LogP) is 2.77. The predicted molar refractivity (Wildman–Crippen MR) is 77.5 cm³/mol. The van der Waals surface area contributed by atoms with E-state index in [0.717, 1.165) is 18.8 Å². The summed E-state index contributed by atoms with van der Waals surface area (Å²) < 4.78 is 5.55. The molecule has 0 aliphatic carbocycles. The van der Waals surface area contributed by atoms with E-state index in [2.05, 4.69) is 24.8 Å². The highest BCUT2D eigenvalue weighted by Crippen LogP contribution is 2.38. The Balaban J connectivity index is 2.42. The van der Waals surface area contributed by atoms with Crippen molar-refractivity contribution in [3.63, 3.8) is 0 Å². The Morgan fingerprint density at radius 1 is 1.32 bits per heavy atom. The molecule has 0 bridgehead atoms. The molecule has 1 saturated heterocycles. The normalized spacial score (nSPS) is 19.4. The van der Waals surface area contributed by atoms with E-state index >= 15 is 0 Å². The van der Waals surface area contributed by atoms with Crippen molar-refractivity contribution in [1.29, 1.82) is 0 Å². The highest BCUT2D eigenvalue weighted by molar-refractivity contribution is 5.42. The molecule has 1 heterocycles. The fourth-order valence-corrected chi connectivity index (χ4v) is 3.16. The van der Waals surface area contributed by atoms with Crippen molar-refractivity contribution in [2.45, 2.75) is 32.7 Å². The van der Waals surface area contributed by atoms with Gasteiger partial charge in [0.05, 0.1) is 7.11 Å². The molecule has 0 aromatic heterocycles. The van der Waals surface area contributed by atoms with Crippen LogP contribution in [-0.4, -0.2) is 36.8 Å². The topological polar surface area (TPSA) is 32.7 Å². The van der Waals surface area contributed by atoms with Crippen LogP contribution in [0, 0.1) is 12.8 Å². The Morgan fingerprint density at radius 2 is 2.00 bits per heavy atom. The standard InChI is InChI=1S/C16H25NO2/c1-12-7-6-8-14(19-3)15(12)16(13(2)11-18)17-9-4-5-10-17/h6-8,13,16,18H,4-5,9-11H2,1-3H3. The van der Waals surface area contributed by atoms with Crippen LogP contribution in [0.2, 0.25) is 0 Å². The molecule has 106 valence electrons. The number of nitrogens with zero attached hydrogens (tertiary/aromatic N) is 1. The molecule has 0 spiro atoms. The molecule has 0 radical (unpaired) electrons. The number of rotatable bonds is 5. The number of aryl methyl sites for hydroxylation is 1. The van der Waals surface area contributed by atoms with E-state index in [1.165, 1.54) is 24.0 Å². The lowest BCUT2D eigenvalue weighted by Crippen LogP contribution is -2.32. The highest BCUT2D eigenvalue weighted by Gasteiger charge is 2.31. The van der Waals surface area contributed by atoms with Crippen molar-refractivity contribution < 1.29 is 9.84 Å². The Kier molecular flexibility index (Phi) is 4.83. The molecule has 3 nitrogen and oxygen atoms in total. The molecule has 1 aliphatic heterocycles. The molecule has 0 amide bonds. The second-order valence-electron chi connectivity index (χ2n) is 5.54. The molecule has 2 rings (SSSR count). The lowest BCUT2D eigenvalue weighted by Gasteiger charge is -2.34. The smallest absolute Gasteiger partial charge is 0.123 e. The summed E-state index contributed by atoms with van der Waals surface area (Å²) in [6.07, 6.45) is 2.51. The van der Waals surface area contributed by atoms with Gasteiger partial charge in [0, 0.05) is 18.2 Å². The first kappa shape index (κ1) is 14.4. The summed E-state index contributed by atoms with van der Waals surface area (Å²) in [5, 5.41) is 9.61. The van der Waals surface area contributed by atoms with Gasteiger partial charge in [-0.15, -0.1) is 0 Å². The second kappa shape index (κ2) is 6.40. The van der Waals surface area contributed by atoms with E-state index in [0.29, 0.717) is 0 Å². The molecule has 1 aromatic rings. The molecule has 1 aromatic carbocycles. The Morgan fingerprint density at radius 3 is 2.58 bits per heavy atom. The maximum atomic E-state index is 9.61. The first-order valence-electron chi connectivity index (χ1n) is 7.17. The number of aliphatic hydroxyl groups excluding tert-OH is 1. The van der Waals surface area contributed by atoms with Gasteiger partial charge in [-0.05, 0) is 50.4 Å². The molecule has 1 N–H and O–H groups in total. The van der Waals surface area contributed by atoms with Gasteiger partial charge >= 0.3 is 0 Å². The van der Waals surface area contributed by atoms with Crippen LogP contribution in [0.25, 0.3) is 0 Å². The lowest BCUT2D eigenvalue weighted by molar-refractivity contribution is 0.123. The molecule has 2 atom stereocenters. The van der Waals surface area contributed by atoms with Gasteiger partial charge in [-0.25, -0.2) is 0 Å². The number of aliphatic hydroxyl groups is 1. The van der Waals surface area contributed by atoms with Gasteiger partial charge in [-0.2, -0.15) is 0 Å². The average molecular weight is 263 g/mol. The molecule has 2 unspecified atom stereocenters. The molecule has 19 heavy (non-hydrogen) atoms. The summed E-state index contributed by atoms with van der Waals surface area (Å²) in [5.74, 6) is 1.16. The fourth-order valence-electron chi connectivity index (χ4n) is 3.16. The number of ether oxygens (including phenoxy) is 1. The Hall–Kier alpha value is -1.06. The molecule has 1 aliphatic rings. The summed E-state index contributed by atoms with van der Waals surface area (Å²) in [6.45, 7) is 6.69. The van der Waals surface area contributed by atoms with Gasteiger partial charge in [-0.1, -0.05) is 19.1 Å². The number of benzene rings is 1. The summed E-state index contributed by atoms with van der Waals surface area (Å²) in [7, 11) is 1.73. The maximum Gasteiger partial charge on any atom is 0.123 e. The van der Waals surface area contributed by atoms with Crippen LogP contribution < -0.4 is 4.74 Å². The third-order valence-corrected chi connectivity index (χ3v) is 4.16. The summed E-state index contributed by atoms with van der Waals surface area (Å²) >= 11 is 0. The van der Waals surface area contributed by atoms with Crippen LogP contribution in [-0.2, 0) is 0 Å². The minimum atomic E-state index is 0.207. The van der Waals surface area contributed by atoms with Crippen molar-refractivity contribution >= 4 is 0 Å². The zero-order chi connectivity index (χ0) is 13.8. The van der Waals surface area contributed by atoms with Gasteiger partial charge in [0.1, 0.15) is 5.75 Å². The van der Waals surface area contributed by atoms with Gasteiger partial charge < -0.3 is 9.84 Å². The Bertz CT molecular complexity index is 413.